The van der Waals surface area contributed by atoms with E-state index in [0.29, 0.717) is 5.92 Å². The number of hydrogen-bond donors (Lipinski definition) is 2. The highest BCUT2D eigenvalue weighted by Gasteiger charge is 2.24. The van der Waals surface area contributed by atoms with E-state index in [0.717, 1.165) is 12.1 Å². The van der Waals surface area contributed by atoms with Gasteiger partial charge in [-0.2, -0.15) is 0 Å². The van der Waals surface area contributed by atoms with Gasteiger partial charge in [0.2, 0.25) is 0 Å². The molecule has 19 heavy (non-hydrogen) atoms. The smallest absolute Gasteiger partial charge is 0.0945 e. The molecule has 1 aromatic rings. The number of rotatable bonds is 5. The maximum absolute atomic E-state index is 10.6. The highest BCUT2D eigenvalue weighted by molar-refractivity contribution is 5.35. The number of likely N-dealkylation sites (N-methyl/N-ethyl adjacent to an activating group) is 1. The second-order valence-corrected chi connectivity index (χ2v) is 6.01. The summed E-state index contributed by atoms with van der Waals surface area (Å²) < 4.78 is 0. The number of aryl methyl sites for hydroxylation is 2. The predicted octanol–water partition coefficient (Wildman–Crippen LogP) is 3.23. The summed E-state index contributed by atoms with van der Waals surface area (Å²) in [4.78, 5) is 0. The van der Waals surface area contributed by atoms with Crippen molar-refractivity contribution in [2.24, 2.45) is 5.92 Å². The van der Waals surface area contributed by atoms with Gasteiger partial charge in [-0.1, -0.05) is 39.0 Å². The normalized spacial score (nSPS) is 18.2. The Bertz CT molecular complexity index is 414. The Balaban J connectivity index is 2.20. The number of aliphatic hydroxyl groups is 1. The molecule has 1 aromatic carbocycles. The average molecular weight is 261 g/mol. The molecule has 0 saturated carbocycles. The van der Waals surface area contributed by atoms with E-state index in [1.54, 1.807) is 0 Å². The van der Waals surface area contributed by atoms with Gasteiger partial charge < -0.3 is 10.4 Å². The third kappa shape index (κ3) is 3.37. The molecular weight excluding hydrogens is 234 g/mol. The van der Waals surface area contributed by atoms with Gasteiger partial charge in [0.15, 0.2) is 0 Å². The summed E-state index contributed by atoms with van der Waals surface area (Å²) in [5, 5.41) is 14.0. The van der Waals surface area contributed by atoms with Crippen molar-refractivity contribution in [1.82, 2.24) is 5.32 Å². The second kappa shape index (κ2) is 6.53. The maximum Gasteiger partial charge on any atom is 0.0945 e. The number of aliphatic hydroxyl groups excluding tert-OH is 1. The van der Waals surface area contributed by atoms with Crippen molar-refractivity contribution in [3.05, 3.63) is 34.9 Å². The van der Waals surface area contributed by atoms with Crippen molar-refractivity contribution >= 4 is 0 Å². The molecule has 0 fully saturated rings. The number of fused-ring (bicyclic) bond motifs is 1. The third-order valence-electron chi connectivity index (χ3n) is 4.21. The minimum Gasteiger partial charge on any atom is -0.387 e. The van der Waals surface area contributed by atoms with E-state index in [9.17, 15) is 5.11 Å². The van der Waals surface area contributed by atoms with Crippen LogP contribution in [-0.4, -0.2) is 17.7 Å². The van der Waals surface area contributed by atoms with Crippen molar-refractivity contribution < 1.29 is 5.11 Å². The zero-order chi connectivity index (χ0) is 13.8. The lowest BCUT2D eigenvalue weighted by Crippen LogP contribution is -2.39. The molecule has 1 aliphatic rings. The van der Waals surface area contributed by atoms with E-state index in [4.69, 9.17) is 0 Å². The lowest BCUT2D eigenvalue weighted by molar-refractivity contribution is 0.106. The Labute approximate surface area is 117 Å². The Morgan fingerprint density at radius 1 is 1.16 bits per heavy atom. The average Bonchev–Trinajstić information content (AvgIpc) is 2.43. The van der Waals surface area contributed by atoms with E-state index in [2.05, 4.69) is 44.3 Å². The van der Waals surface area contributed by atoms with Gasteiger partial charge in [0.05, 0.1) is 6.10 Å². The van der Waals surface area contributed by atoms with Crippen LogP contribution in [0, 0.1) is 5.92 Å². The van der Waals surface area contributed by atoms with Crippen LogP contribution in [-0.2, 0) is 12.8 Å². The monoisotopic (exact) mass is 261 g/mol. The fourth-order valence-corrected chi connectivity index (χ4v) is 3.09. The molecule has 1 aliphatic carbocycles. The molecule has 0 spiro atoms. The molecule has 2 rings (SSSR count). The first-order chi connectivity index (χ1) is 9.13. The predicted molar refractivity (Wildman–Crippen MR) is 80.3 cm³/mol. The summed E-state index contributed by atoms with van der Waals surface area (Å²) in [6.07, 6.45) is 4.55. The fraction of sp³-hybridized carbons (Fsp3) is 0.647. The summed E-state index contributed by atoms with van der Waals surface area (Å²) in [7, 11) is 0. The molecule has 2 atom stereocenters. The standard InChI is InChI=1S/C17H27NO/c1-4-18-16(12(2)3)17(19)15-10-9-13-7-5-6-8-14(13)11-15/h9-12,16-19H,4-8H2,1-3H3. The summed E-state index contributed by atoms with van der Waals surface area (Å²) >= 11 is 0. The number of hydrogen-bond acceptors (Lipinski definition) is 2. The van der Waals surface area contributed by atoms with Crippen LogP contribution in [0.4, 0.5) is 0 Å². The molecule has 0 bridgehead atoms. The zero-order valence-electron chi connectivity index (χ0n) is 12.4. The van der Waals surface area contributed by atoms with Crippen LogP contribution in [0.2, 0.25) is 0 Å². The van der Waals surface area contributed by atoms with Crippen LogP contribution >= 0.6 is 0 Å². The lowest BCUT2D eigenvalue weighted by Gasteiger charge is -2.28. The largest absolute Gasteiger partial charge is 0.387 e. The number of benzene rings is 1. The molecule has 2 nitrogen and oxygen atoms in total. The minimum atomic E-state index is -0.410. The summed E-state index contributed by atoms with van der Waals surface area (Å²) in [5.74, 6) is 0.422. The van der Waals surface area contributed by atoms with E-state index < -0.39 is 6.10 Å². The molecule has 2 N–H and O–H groups in total. The quantitative estimate of drug-likeness (QED) is 0.853. The van der Waals surface area contributed by atoms with Crippen molar-refractivity contribution in [3.63, 3.8) is 0 Å². The van der Waals surface area contributed by atoms with E-state index >= 15 is 0 Å². The van der Waals surface area contributed by atoms with Gasteiger partial charge in [-0.25, -0.2) is 0 Å². The Morgan fingerprint density at radius 3 is 2.47 bits per heavy atom. The van der Waals surface area contributed by atoms with Gasteiger partial charge >= 0.3 is 0 Å². The van der Waals surface area contributed by atoms with Crippen LogP contribution < -0.4 is 5.32 Å². The molecule has 2 heteroatoms. The fourth-order valence-electron chi connectivity index (χ4n) is 3.09. The van der Waals surface area contributed by atoms with Crippen molar-refractivity contribution in [2.75, 3.05) is 6.54 Å². The summed E-state index contributed by atoms with van der Waals surface area (Å²) in [6.45, 7) is 7.31. The lowest BCUT2D eigenvalue weighted by atomic mass is 9.87. The SMILES string of the molecule is CCNC(C(C)C)C(O)c1ccc2c(c1)CCCC2. The summed E-state index contributed by atoms with van der Waals surface area (Å²) in [6, 6.07) is 6.69. The Kier molecular flexibility index (Phi) is 5.00. The van der Waals surface area contributed by atoms with Crippen molar-refractivity contribution in [2.45, 2.75) is 58.6 Å². The second-order valence-electron chi connectivity index (χ2n) is 6.01. The molecule has 0 radical (unpaired) electrons. The van der Waals surface area contributed by atoms with Gasteiger partial charge in [-0.15, -0.1) is 0 Å². The maximum atomic E-state index is 10.6. The minimum absolute atomic E-state index is 0.131. The van der Waals surface area contributed by atoms with E-state index in [1.165, 1.54) is 36.8 Å². The third-order valence-corrected chi connectivity index (χ3v) is 4.21. The highest BCUT2D eigenvalue weighted by Crippen LogP contribution is 2.27. The topological polar surface area (TPSA) is 32.3 Å². The van der Waals surface area contributed by atoms with E-state index in [-0.39, 0.29) is 6.04 Å². The number of nitrogens with one attached hydrogen (secondary N) is 1. The van der Waals surface area contributed by atoms with Gasteiger partial charge in [0.1, 0.15) is 0 Å². The van der Waals surface area contributed by atoms with Crippen LogP contribution in [0.1, 0.15) is 56.4 Å². The van der Waals surface area contributed by atoms with Gasteiger partial charge in [0, 0.05) is 6.04 Å². The molecule has 0 aromatic heterocycles. The molecule has 0 aliphatic heterocycles. The summed E-state index contributed by atoms with van der Waals surface area (Å²) in [5.41, 5.74) is 3.99. The Morgan fingerprint density at radius 2 is 1.84 bits per heavy atom. The van der Waals surface area contributed by atoms with Crippen LogP contribution in [0.15, 0.2) is 18.2 Å². The van der Waals surface area contributed by atoms with Crippen LogP contribution in [0.5, 0.6) is 0 Å². The molecule has 106 valence electrons. The zero-order valence-corrected chi connectivity index (χ0v) is 12.4. The van der Waals surface area contributed by atoms with Crippen LogP contribution in [0.25, 0.3) is 0 Å². The van der Waals surface area contributed by atoms with Crippen LogP contribution in [0.3, 0.4) is 0 Å². The highest BCUT2D eigenvalue weighted by atomic mass is 16.3. The molecular formula is C17H27NO. The molecule has 0 heterocycles. The van der Waals surface area contributed by atoms with Gasteiger partial charge in [-0.05, 0) is 54.8 Å². The molecule has 2 unspecified atom stereocenters. The van der Waals surface area contributed by atoms with Gasteiger partial charge in [-0.3, -0.25) is 0 Å². The van der Waals surface area contributed by atoms with Crippen molar-refractivity contribution in [3.8, 4) is 0 Å². The first-order valence-electron chi connectivity index (χ1n) is 7.66. The van der Waals surface area contributed by atoms with E-state index in [1.807, 2.05) is 0 Å². The molecule has 0 amide bonds. The van der Waals surface area contributed by atoms with Crippen molar-refractivity contribution in [1.29, 1.82) is 0 Å². The Hall–Kier alpha value is -0.860. The molecule has 0 saturated heterocycles. The first kappa shape index (κ1) is 14.5. The van der Waals surface area contributed by atoms with Gasteiger partial charge in [0.25, 0.3) is 0 Å². The first-order valence-corrected chi connectivity index (χ1v) is 7.66.